The third-order valence-electron chi connectivity index (χ3n) is 2.77. The average Bonchev–Trinajstić information content (AvgIpc) is 2.22. The van der Waals surface area contributed by atoms with Crippen molar-refractivity contribution in [2.24, 2.45) is 17.1 Å². The lowest BCUT2D eigenvalue weighted by atomic mass is 9.87. The van der Waals surface area contributed by atoms with Crippen molar-refractivity contribution in [3.8, 4) is 0 Å². The molecule has 0 radical (unpaired) electrons. The van der Waals surface area contributed by atoms with Crippen molar-refractivity contribution in [3.05, 3.63) is 0 Å². The molecule has 1 amide bonds. The predicted molar refractivity (Wildman–Crippen MR) is 65.9 cm³/mol. The number of aliphatic hydroxyl groups excluding tert-OH is 1. The van der Waals surface area contributed by atoms with Crippen LogP contribution in [0.1, 0.15) is 40.5 Å². The Labute approximate surface area is 98.6 Å². The van der Waals surface area contributed by atoms with Crippen LogP contribution < -0.4 is 11.1 Å². The molecule has 0 rings (SSSR count). The molecule has 0 aromatic carbocycles. The van der Waals surface area contributed by atoms with Crippen molar-refractivity contribution in [1.82, 2.24) is 5.32 Å². The summed E-state index contributed by atoms with van der Waals surface area (Å²) in [5.41, 5.74) is 5.75. The number of hydrogen-bond donors (Lipinski definition) is 3. The fourth-order valence-corrected chi connectivity index (χ4v) is 1.39. The summed E-state index contributed by atoms with van der Waals surface area (Å²) in [4.78, 5) is 11.6. The van der Waals surface area contributed by atoms with Crippen LogP contribution in [0.5, 0.6) is 0 Å². The third-order valence-corrected chi connectivity index (χ3v) is 2.77. The molecular weight excluding hydrogens is 204 g/mol. The van der Waals surface area contributed by atoms with Gasteiger partial charge < -0.3 is 16.2 Å². The van der Waals surface area contributed by atoms with Crippen LogP contribution >= 0.6 is 0 Å². The Bertz CT molecular complexity index is 215. The second-order valence-electron chi connectivity index (χ2n) is 5.48. The molecule has 16 heavy (non-hydrogen) atoms. The van der Waals surface area contributed by atoms with Crippen molar-refractivity contribution < 1.29 is 9.90 Å². The van der Waals surface area contributed by atoms with E-state index in [1.807, 2.05) is 13.8 Å². The summed E-state index contributed by atoms with van der Waals surface area (Å²) in [6.07, 6.45) is 1.65. The van der Waals surface area contributed by atoms with Gasteiger partial charge in [-0.05, 0) is 24.2 Å². The van der Waals surface area contributed by atoms with Crippen molar-refractivity contribution in [1.29, 1.82) is 0 Å². The molecule has 1 atom stereocenters. The molecule has 4 heteroatoms. The lowest BCUT2D eigenvalue weighted by Gasteiger charge is -2.26. The van der Waals surface area contributed by atoms with Crippen molar-refractivity contribution in [2.75, 3.05) is 13.2 Å². The molecule has 0 bridgehead atoms. The van der Waals surface area contributed by atoms with E-state index in [2.05, 4.69) is 19.2 Å². The number of carbonyl (C=O) groups is 1. The molecule has 4 nitrogen and oxygen atoms in total. The summed E-state index contributed by atoms with van der Waals surface area (Å²) in [6.45, 7) is 8.81. The molecule has 0 heterocycles. The van der Waals surface area contributed by atoms with Crippen molar-refractivity contribution in [3.63, 3.8) is 0 Å². The third kappa shape index (κ3) is 6.08. The first-order chi connectivity index (χ1) is 7.30. The summed E-state index contributed by atoms with van der Waals surface area (Å²) in [5, 5.41) is 11.6. The lowest BCUT2D eigenvalue weighted by molar-refractivity contribution is -0.123. The van der Waals surface area contributed by atoms with Crippen LogP contribution in [-0.2, 0) is 4.79 Å². The summed E-state index contributed by atoms with van der Waals surface area (Å²) in [5.74, 6) is 0.0626. The van der Waals surface area contributed by atoms with Crippen LogP contribution in [0.25, 0.3) is 0 Å². The quantitative estimate of drug-likeness (QED) is 0.608. The summed E-state index contributed by atoms with van der Waals surface area (Å²) < 4.78 is 0. The first-order valence-corrected chi connectivity index (χ1v) is 5.94. The monoisotopic (exact) mass is 230 g/mol. The number of amides is 1. The van der Waals surface area contributed by atoms with E-state index in [0.717, 1.165) is 12.8 Å². The highest BCUT2D eigenvalue weighted by Gasteiger charge is 2.21. The molecule has 0 aliphatic carbocycles. The largest absolute Gasteiger partial charge is 0.396 e. The molecule has 0 aromatic heterocycles. The summed E-state index contributed by atoms with van der Waals surface area (Å²) in [7, 11) is 0. The van der Waals surface area contributed by atoms with Gasteiger partial charge in [0.05, 0.1) is 6.04 Å². The van der Waals surface area contributed by atoms with Gasteiger partial charge in [0.15, 0.2) is 0 Å². The maximum Gasteiger partial charge on any atom is 0.237 e. The second kappa shape index (κ2) is 6.86. The van der Waals surface area contributed by atoms with Gasteiger partial charge >= 0.3 is 0 Å². The molecule has 4 N–H and O–H groups in total. The van der Waals surface area contributed by atoms with E-state index in [-0.39, 0.29) is 23.8 Å². The molecule has 0 saturated carbocycles. The highest BCUT2D eigenvalue weighted by Crippen LogP contribution is 2.20. The minimum absolute atomic E-state index is 0.00902. The summed E-state index contributed by atoms with van der Waals surface area (Å²) in [6, 6.07) is -0.436. The summed E-state index contributed by atoms with van der Waals surface area (Å²) >= 11 is 0. The average molecular weight is 230 g/mol. The van der Waals surface area contributed by atoms with Gasteiger partial charge in [-0.2, -0.15) is 0 Å². The smallest absolute Gasteiger partial charge is 0.237 e. The number of nitrogens with two attached hydrogens (primary N) is 1. The number of hydrogen-bond acceptors (Lipinski definition) is 3. The Morgan fingerprint density at radius 3 is 2.44 bits per heavy atom. The maximum absolute atomic E-state index is 11.6. The Hall–Kier alpha value is -0.610. The fraction of sp³-hybridized carbons (Fsp3) is 0.917. The van der Waals surface area contributed by atoms with E-state index in [1.54, 1.807) is 0 Å². The van der Waals surface area contributed by atoms with E-state index < -0.39 is 6.04 Å². The van der Waals surface area contributed by atoms with Gasteiger partial charge in [0.25, 0.3) is 0 Å². The van der Waals surface area contributed by atoms with Crippen LogP contribution in [0.3, 0.4) is 0 Å². The Kier molecular flexibility index (Phi) is 6.60. The van der Waals surface area contributed by atoms with Gasteiger partial charge in [-0.1, -0.05) is 27.7 Å². The zero-order chi connectivity index (χ0) is 12.8. The molecule has 0 aromatic rings. The van der Waals surface area contributed by atoms with Crippen LogP contribution in [0.4, 0.5) is 0 Å². The number of carbonyl (C=O) groups excluding carboxylic acids is 1. The highest BCUT2D eigenvalue weighted by molar-refractivity contribution is 5.81. The molecule has 0 unspecified atom stereocenters. The minimum atomic E-state index is -0.436. The zero-order valence-electron chi connectivity index (χ0n) is 10.9. The highest BCUT2D eigenvalue weighted by atomic mass is 16.2. The van der Waals surface area contributed by atoms with Gasteiger partial charge in [-0.15, -0.1) is 0 Å². The molecule has 0 aliphatic heterocycles. The van der Waals surface area contributed by atoms with E-state index >= 15 is 0 Å². The van der Waals surface area contributed by atoms with Crippen LogP contribution in [0, 0.1) is 11.3 Å². The van der Waals surface area contributed by atoms with E-state index in [9.17, 15) is 4.79 Å². The Morgan fingerprint density at radius 1 is 1.44 bits per heavy atom. The predicted octanol–water partition coefficient (Wildman–Crippen LogP) is 0.885. The van der Waals surface area contributed by atoms with Gasteiger partial charge in [0.2, 0.25) is 5.91 Å². The van der Waals surface area contributed by atoms with Gasteiger partial charge in [-0.3, -0.25) is 4.79 Å². The number of nitrogens with one attached hydrogen (secondary N) is 1. The number of rotatable bonds is 7. The fourth-order valence-electron chi connectivity index (χ4n) is 1.39. The Morgan fingerprint density at radius 2 is 2.00 bits per heavy atom. The van der Waals surface area contributed by atoms with Crippen molar-refractivity contribution in [2.45, 2.75) is 46.6 Å². The van der Waals surface area contributed by atoms with Gasteiger partial charge in [0.1, 0.15) is 0 Å². The van der Waals surface area contributed by atoms with Crippen LogP contribution in [-0.4, -0.2) is 30.2 Å². The molecule has 0 fully saturated rings. The zero-order valence-corrected chi connectivity index (χ0v) is 10.9. The standard InChI is InChI=1S/C12H26N2O2/c1-9(2)10(13)11(16)14-8-12(3,4)6-5-7-15/h9-10,15H,5-8,13H2,1-4H3,(H,14,16)/t10-/m1/s1. The molecule has 0 saturated heterocycles. The number of aliphatic hydroxyl groups is 1. The first-order valence-electron chi connectivity index (χ1n) is 5.94. The maximum atomic E-state index is 11.6. The second-order valence-corrected chi connectivity index (χ2v) is 5.48. The van der Waals surface area contributed by atoms with Crippen molar-refractivity contribution >= 4 is 5.91 Å². The molecule has 0 spiro atoms. The van der Waals surface area contributed by atoms with Gasteiger partial charge in [-0.25, -0.2) is 0 Å². The molecular formula is C12H26N2O2. The molecule has 0 aliphatic rings. The van der Waals surface area contributed by atoms with E-state index in [0.29, 0.717) is 6.54 Å². The lowest BCUT2D eigenvalue weighted by Crippen LogP contribution is -2.46. The SMILES string of the molecule is CC(C)[C@@H](N)C(=O)NCC(C)(C)CCCO. The topological polar surface area (TPSA) is 75.4 Å². The Balaban J connectivity index is 3.99. The molecule has 96 valence electrons. The van der Waals surface area contributed by atoms with E-state index in [4.69, 9.17) is 10.8 Å². The normalized spacial score (nSPS) is 13.9. The minimum Gasteiger partial charge on any atom is -0.396 e. The van der Waals surface area contributed by atoms with Crippen LogP contribution in [0.15, 0.2) is 0 Å². The first kappa shape index (κ1) is 15.4. The van der Waals surface area contributed by atoms with Gasteiger partial charge in [0, 0.05) is 13.2 Å². The van der Waals surface area contributed by atoms with E-state index in [1.165, 1.54) is 0 Å². The van der Waals surface area contributed by atoms with Crippen LogP contribution in [0.2, 0.25) is 0 Å².